The van der Waals surface area contributed by atoms with Crippen LogP contribution >= 0.6 is 27.5 Å². The molecule has 1 aliphatic heterocycles. The van der Waals surface area contributed by atoms with Crippen molar-refractivity contribution in [1.82, 2.24) is 19.5 Å². The fraction of sp³-hybridized carbons (Fsp3) is 0.350. The lowest BCUT2D eigenvalue weighted by Gasteiger charge is -2.35. The monoisotopic (exact) mass is 525 g/mol. The van der Waals surface area contributed by atoms with Crippen LogP contribution < -0.4 is 4.72 Å². The molecule has 3 heterocycles. The molecule has 1 aliphatic rings. The second-order valence-corrected chi connectivity index (χ2v) is 10.7. The highest BCUT2D eigenvalue weighted by atomic mass is 79.9. The van der Waals surface area contributed by atoms with Gasteiger partial charge in [0.05, 0.1) is 29.2 Å². The first kappa shape index (κ1) is 22.0. The molecule has 1 saturated heterocycles. The van der Waals surface area contributed by atoms with E-state index in [4.69, 9.17) is 11.6 Å². The SMILES string of the molecule is Cc1cc(Cl)nc2cc([C@@H]3CCCCN3C(=O)c3cc(Br)ccc3NS(C)(=O)=O)nn12. The van der Waals surface area contributed by atoms with E-state index in [1.165, 1.54) is 0 Å². The van der Waals surface area contributed by atoms with E-state index in [-0.39, 0.29) is 23.2 Å². The van der Waals surface area contributed by atoms with E-state index < -0.39 is 10.0 Å². The minimum Gasteiger partial charge on any atom is -0.330 e. The van der Waals surface area contributed by atoms with E-state index in [1.54, 1.807) is 33.7 Å². The first-order valence-electron chi connectivity index (χ1n) is 9.73. The Balaban J connectivity index is 1.74. The van der Waals surface area contributed by atoms with Gasteiger partial charge in [-0.2, -0.15) is 5.10 Å². The number of halogens is 2. The molecule has 11 heteroatoms. The van der Waals surface area contributed by atoms with Crippen molar-refractivity contribution in [2.24, 2.45) is 0 Å². The summed E-state index contributed by atoms with van der Waals surface area (Å²) in [6.45, 7) is 2.45. The van der Waals surface area contributed by atoms with Crippen LogP contribution in [0.5, 0.6) is 0 Å². The van der Waals surface area contributed by atoms with E-state index in [1.807, 2.05) is 13.0 Å². The van der Waals surface area contributed by atoms with Gasteiger partial charge in [-0.05, 0) is 50.5 Å². The summed E-state index contributed by atoms with van der Waals surface area (Å²) in [5, 5.41) is 5.07. The molecule has 0 aliphatic carbocycles. The molecule has 0 unspecified atom stereocenters. The smallest absolute Gasteiger partial charge is 0.256 e. The first-order chi connectivity index (χ1) is 14.6. The zero-order valence-electron chi connectivity index (χ0n) is 17.0. The molecule has 0 bridgehead atoms. The number of anilines is 1. The zero-order valence-corrected chi connectivity index (χ0v) is 20.1. The lowest BCUT2D eigenvalue weighted by atomic mass is 9.98. The number of nitrogens with zero attached hydrogens (tertiary/aromatic N) is 4. The van der Waals surface area contributed by atoms with Gasteiger partial charge < -0.3 is 4.90 Å². The van der Waals surface area contributed by atoms with Gasteiger partial charge in [-0.25, -0.2) is 17.9 Å². The Morgan fingerprint density at radius 1 is 1.26 bits per heavy atom. The molecule has 0 saturated carbocycles. The summed E-state index contributed by atoms with van der Waals surface area (Å²) in [7, 11) is -3.54. The summed E-state index contributed by atoms with van der Waals surface area (Å²) in [6, 6.07) is 8.25. The van der Waals surface area contributed by atoms with Crippen LogP contribution in [-0.4, -0.2) is 46.6 Å². The minimum absolute atomic E-state index is 0.244. The number of amides is 1. The summed E-state index contributed by atoms with van der Waals surface area (Å²) in [4.78, 5) is 19.7. The number of fused-ring (bicyclic) bond motifs is 1. The Morgan fingerprint density at radius 3 is 2.77 bits per heavy atom. The number of sulfonamides is 1. The van der Waals surface area contributed by atoms with Crippen molar-refractivity contribution < 1.29 is 13.2 Å². The second kappa shape index (κ2) is 8.40. The minimum atomic E-state index is -3.54. The predicted octanol–water partition coefficient (Wildman–Crippen LogP) is 4.19. The Kier molecular flexibility index (Phi) is 5.97. The molecule has 4 rings (SSSR count). The number of hydrogen-bond acceptors (Lipinski definition) is 5. The van der Waals surface area contributed by atoms with Crippen molar-refractivity contribution in [3.63, 3.8) is 0 Å². The quantitative estimate of drug-likeness (QED) is 0.514. The van der Waals surface area contributed by atoms with Crippen molar-refractivity contribution in [1.29, 1.82) is 0 Å². The van der Waals surface area contributed by atoms with Crippen LogP contribution in [0.3, 0.4) is 0 Å². The van der Waals surface area contributed by atoms with Gasteiger partial charge in [0.25, 0.3) is 5.91 Å². The Morgan fingerprint density at radius 2 is 2.03 bits per heavy atom. The van der Waals surface area contributed by atoms with E-state index >= 15 is 0 Å². The van der Waals surface area contributed by atoms with Gasteiger partial charge >= 0.3 is 0 Å². The molecule has 1 N–H and O–H groups in total. The summed E-state index contributed by atoms with van der Waals surface area (Å²) in [6.07, 6.45) is 3.64. The van der Waals surface area contributed by atoms with Crippen LogP contribution in [-0.2, 0) is 10.0 Å². The number of carbonyl (C=O) groups is 1. The highest BCUT2D eigenvalue weighted by Crippen LogP contribution is 2.34. The number of aromatic nitrogens is 3. The van der Waals surface area contributed by atoms with Gasteiger partial charge in [0.2, 0.25) is 10.0 Å². The number of nitrogens with one attached hydrogen (secondary N) is 1. The third-order valence-corrected chi connectivity index (χ3v) is 6.48. The van der Waals surface area contributed by atoms with E-state index in [9.17, 15) is 13.2 Å². The molecule has 164 valence electrons. The van der Waals surface area contributed by atoms with Crippen molar-refractivity contribution >= 4 is 54.8 Å². The van der Waals surface area contributed by atoms with Crippen molar-refractivity contribution in [3.8, 4) is 0 Å². The topological polar surface area (TPSA) is 96.7 Å². The van der Waals surface area contributed by atoms with E-state index in [2.05, 4.69) is 30.7 Å². The van der Waals surface area contributed by atoms with Gasteiger partial charge in [0.1, 0.15) is 5.15 Å². The van der Waals surface area contributed by atoms with Crippen LogP contribution in [0.15, 0.2) is 34.8 Å². The van der Waals surface area contributed by atoms with Gasteiger partial charge in [-0.3, -0.25) is 9.52 Å². The molecular weight excluding hydrogens is 506 g/mol. The lowest BCUT2D eigenvalue weighted by molar-refractivity contribution is 0.0606. The molecule has 1 aromatic carbocycles. The maximum Gasteiger partial charge on any atom is 0.256 e. The number of aryl methyl sites for hydroxylation is 1. The molecule has 0 radical (unpaired) electrons. The van der Waals surface area contributed by atoms with Crippen molar-refractivity contribution in [2.45, 2.75) is 32.2 Å². The molecule has 1 fully saturated rings. The Bertz CT molecular complexity index is 1280. The summed E-state index contributed by atoms with van der Waals surface area (Å²) >= 11 is 9.47. The van der Waals surface area contributed by atoms with Crippen LogP contribution in [0.25, 0.3) is 5.65 Å². The summed E-state index contributed by atoms with van der Waals surface area (Å²) in [5.74, 6) is -0.253. The number of rotatable bonds is 4. The maximum absolute atomic E-state index is 13.6. The van der Waals surface area contributed by atoms with Gasteiger partial charge in [-0.15, -0.1) is 0 Å². The summed E-state index contributed by atoms with van der Waals surface area (Å²) < 4.78 is 28.5. The number of carbonyl (C=O) groups excluding carboxylic acids is 1. The summed E-state index contributed by atoms with van der Waals surface area (Å²) in [5.41, 5.74) is 2.74. The van der Waals surface area contributed by atoms with E-state index in [0.29, 0.717) is 21.8 Å². The fourth-order valence-electron chi connectivity index (χ4n) is 3.89. The predicted molar refractivity (Wildman–Crippen MR) is 123 cm³/mol. The molecule has 0 spiro atoms. The third kappa shape index (κ3) is 4.70. The molecule has 8 nitrogen and oxygen atoms in total. The number of benzene rings is 1. The maximum atomic E-state index is 13.6. The number of piperidine rings is 1. The van der Waals surface area contributed by atoms with Crippen molar-refractivity contribution in [2.75, 3.05) is 17.5 Å². The molecular formula is C20H21BrClN5O3S. The fourth-order valence-corrected chi connectivity index (χ4v) is 5.07. The third-order valence-electron chi connectivity index (χ3n) is 5.21. The van der Waals surface area contributed by atoms with Gasteiger partial charge in [0, 0.05) is 22.8 Å². The highest BCUT2D eigenvalue weighted by Gasteiger charge is 2.32. The molecule has 1 atom stereocenters. The highest BCUT2D eigenvalue weighted by molar-refractivity contribution is 9.10. The largest absolute Gasteiger partial charge is 0.330 e. The van der Waals surface area contributed by atoms with Crippen LogP contribution in [0.1, 0.15) is 47.1 Å². The standard InChI is InChI=1S/C20H21BrClN5O3S/c1-12-9-18(22)23-19-11-16(24-27(12)19)17-5-3-4-8-26(17)20(28)14-10-13(21)6-7-15(14)25-31(2,29)30/h6-7,9-11,17,25H,3-5,8H2,1-2H3/t17-/m0/s1. The lowest BCUT2D eigenvalue weighted by Crippen LogP contribution is -2.39. The van der Waals surface area contributed by atoms with Crippen LogP contribution in [0, 0.1) is 6.92 Å². The van der Waals surface area contributed by atoms with Crippen molar-refractivity contribution in [3.05, 3.63) is 56.9 Å². The molecule has 1 amide bonds. The second-order valence-electron chi connectivity index (χ2n) is 7.63. The number of likely N-dealkylation sites (tertiary alicyclic amines) is 1. The molecule has 3 aromatic rings. The Labute approximate surface area is 193 Å². The zero-order chi connectivity index (χ0) is 22.3. The number of hydrogen-bond donors (Lipinski definition) is 1. The average Bonchev–Trinajstić information content (AvgIpc) is 3.12. The van der Waals surface area contributed by atoms with Crippen LogP contribution in [0.4, 0.5) is 5.69 Å². The average molecular weight is 527 g/mol. The molecule has 2 aromatic heterocycles. The Hall–Kier alpha value is -2.17. The first-order valence-corrected chi connectivity index (χ1v) is 12.8. The normalized spacial score (nSPS) is 17.2. The molecule has 31 heavy (non-hydrogen) atoms. The van der Waals surface area contributed by atoms with Gasteiger partial charge in [0.15, 0.2) is 5.65 Å². The van der Waals surface area contributed by atoms with Crippen LogP contribution in [0.2, 0.25) is 5.15 Å². The van der Waals surface area contributed by atoms with Gasteiger partial charge in [-0.1, -0.05) is 27.5 Å². The van der Waals surface area contributed by atoms with E-state index in [0.717, 1.165) is 36.9 Å².